The van der Waals surface area contributed by atoms with E-state index in [4.69, 9.17) is 16.3 Å². The van der Waals surface area contributed by atoms with Gasteiger partial charge in [0.2, 0.25) is 0 Å². The molecule has 0 bridgehead atoms. The van der Waals surface area contributed by atoms with E-state index in [0.717, 1.165) is 35.1 Å². The summed E-state index contributed by atoms with van der Waals surface area (Å²) < 4.78 is 5.88. The lowest BCUT2D eigenvalue weighted by Gasteiger charge is -2.36. The van der Waals surface area contributed by atoms with Gasteiger partial charge < -0.3 is 14.5 Å². The van der Waals surface area contributed by atoms with E-state index in [0.29, 0.717) is 18.8 Å². The van der Waals surface area contributed by atoms with Crippen LogP contribution in [0.5, 0.6) is 5.75 Å². The molecule has 0 aliphatic carbocycles. The lowest BCUT2D eigenvalue weighted by molar-refractivity contribution is -0.138. The Bertz CT molecular complexity index is 751. The molecule has 0 unspecified atom stereocenters. The molecule has 1 amide bonds. The van der Waals surface area contributed by atoms with Gasteiger partial charge in [-0.2, -0.15) is 0 Å². The molecule has 26 heavy (non-hydrogen) atoms. The van der Waals surface area contributed by atoms with Gasteiger partial charge in [0.15, 0.2) is 6.10 Å². The third-order valence-corrected chi connectivity index (χ3v) is 5.23. The summed E-state index contributed by atoms with van der Waals surface area (Å²) in [5, 5.41) is 0.738. The van der Waals surface area contributed by atoms with Gasteiger partial charge in [0.05, 0.1) is 0 Å². The Balaban J connectivity index is 1.58. The third kappa shape index (κ3) is 4.10. The zero-order valence-electron chi connectivity index (χ0n) is 15.4. The molecule has 0 saturated carbocycles. The first-order valence-electron chi connectivity index (χ1n) is 8.84. The van der Waals surface area contributed by atoms with Gasteiger partial charge in [-0.1, -0.05) is 17.7 Å². The van der Waals surface area contributed by atoms with Crippen LogP contribution in [0.3, 0.4) is 0 Å². The predicted octanol–water partition coefficient (Wildman–Crippen LogP) is 3.47. The quantitative estimate of drug-likeness (QED) is 0.823. The Labute approximate surface area is 159 Å². The molecule has 2 aromatic rings. The second-order valence-electron chi connectivity index (χ2n) is 6.63. The number of hydrogen-bond acceptors (Lipinski definition) is 4. The Morgan fingerprint density at radius 2 is 1.81 bits per heavy atom. The van der Waals surface area contributed by atoms with Crippen molar-refractivity contribution < 1.29 is 9.53 Å². The van der Waals surface area contributed by atoms with Crippen molar-refractivity contribution in [3.63, 3.8) is 0 Å². The van der Waals surface area contributed by atoms with E-state index < -0.39 is 6.10 Å². The topological polar surface area (TPSA) is 45.7 Å². The summed E-state index contributed by atoms with van der Waals surface area (Å²) in [5.74, 6) is 1.64. The van der Waals surface area contributed by atoms with Crippen molar-refractivity contribution in [3.8, 4) is 5.75 Å². The molecule has 1 saturated heterocycles. The van der Waals surface area contributed by atoms with E-state index >= 15 is 0 Å². The molecule has 5 nitrogen and oxygen atoms in total. The highest BCUT2D eigenvalue weighted by Gasteiger charge is 2.26. The van der Waals surface area contributed by atoms with Crippen LogP contribution >= 0.6 is 11.6 Å². The van der Waals surface area contributed by atoms with E-state index in [-0.39, 0.29) is 5.91 Å². The predicted molar refractivity (Wildman–Crippen MR) is 104 cm³/mol. The summed E-state index contributed by atoms with van der Waals surface area (Å²) in [6.45, 7) is 8.55. The van der Waals surface area contributed by atoms with Crippen LogP contribution in [-0.2, 0) is 4.79 Å². The van der Waals surface area contributed by atoms with E-state index in [2.05, 4.69) is 9.88 Å². The zero-order valence-corrected chi connectivity index (χ0v) is 16.2. The number of ether oxygens (including phenoxy) is 1. The Morgan fingerprint density at radius 3 is 2.38 bits per heavy atom. The number of piperazine rings is 1. The summed E-state index contributed by atoms with van der Waals surface area (Å²) in [5.41, 5.74) is 1.90. The molecule has 0 radical (unpaired) electrons. The van der Waals surface area contributed by atoms with Crippen molar-refractivity contribution in [2.45, 2.75) is 26.9 Å². The van der Waals surface area contributed by atoms with Crippen molar-refractivity contribution in [1.29, 1.82) is 0 Å². The molecule has 1 aliphatic heterocycles. The first-order valence-corrected chi connectivity index (χ1v) is 9.21. The van der Waals surface area contributed by atoms with Crippen molar-refractivity contribution in [2.24, 2.45) is 0 Å². The second kappa shape index (κ2) is 7.96. The fourth-order valence-electron chi connectivity index (χ4n) is 3.18. The van der Waals surface area contributed by atoms with E-state index in [1.807, 2.05) is 49.1 Å². The van der Waals surface area contributed by atoms with Crippen LogP contribution < -0.4 is 9.64 Å². The average Bonchev–Trinajstić information content (AvgIpc) is 2.66. The maximum absolute atomic E-state index is 12.7. The number of nitrogens with zero attached hydrogens (tertiary/aromatic N) is 3. The van der Waals surface area contributed by atoms with Crippen molar-refractivity contribution in [3.05, 3.63) is 52.7 Å². The van der Waals surface area contributed by atoms with E-state index in [1.165, 1.54) is 0 Å². The maximum atomic E-state index is 12.7. The molecule has 1 atom stereocenters. The van der Waals surface area contributed by atoms with Gasteiger partial charge in [-0.25, -0.2) is 4.98 Å². The van der Waals surface area contributed by atoms with Crippen LogP contribution in [0.15, 0.2) is 36.5 Å². The van der Waals surface area contributed by atoms with Gasteiger partial charge in [0, 0.05) is 37.4 Å². The van der Waals surface area contributed by atoms with Crippen LogP contribution in [0.4, 0.5) is 5.82 Å². The number of carbonyl (C=O) groups is 1. The molecule has 138 valence electrons. The van der Waals surface area contributed by atoms with Crippen molar-refractivity contribution >= 4 is 23.3 Å². The molecule has 1 fully saturated rings. The first-order chi connectivity index (χ1) is 12.5. The molecule has 1 aromatic carbocycles. The Kier molecular flexibility index (Phi) is 5.67. The molecule has 1 aromatic heterocycles. The number of aromatic nitrogens is 1. The molecular weight excluding hydrogens is 350 g/mol. The first kappa shape index (κ1) is 18.5. The Morgan fingerprint density at radius 1 is 1.15 bits per heavy atom. The minimum atomic E-state index is -0.531. The maximum Gasteiger partial charge on any atom is 0.263 e. The molecule has 0 spiro atoms. The van der Waals surface area contributed by atoms with E-state index in [1.54, 1.807) is 13.1 Å². The van der Waals surface area contributed by atoms with Crippen LogP contribution in [0.2, 0.25) is 5.02 Å². The Hall–Kier alpha value is -2.27. The smallest absolute Gasteiger partial charge is 0.263 e. The average molecular weight is 374 g/mol. The lowest BCUT2D eigenvalue weighted by Crippen LogP contribution is -2.52. The molecule has 6 heteroatoms. The standard InChI is InChI=1S/C20H24ClN3O2/c1-14-12-17(13-15(2)19(14)21)26-16(3)20(25)24-10-8-23(9-11-24)18-6-4-5-7-22-18/h4-7,12-13,16H,8-11H2,1-3H3/t16-/m1/s1. The summed E-state index contributed by atoms with van der Waals surface area (Å²) >= 11 is 6.19. The second-order valence-corrected chi connectivity index (χ2v) is 7.01. The van der Waals surface area contributed by atoms with Gasteiger partial charge in [-0.05, 0) is 56.2 Å². The van der Waals surface area contributed by atoms with Crippen molar-refractivity contribution in [2.75, 3.05) is 31.1 Å². The third-order valence-electron chi connectivity index (χ3n) is 4.64. The van der Waals surface area contributed by atoms with Gasteiger partial charge in [-0.3, -0.25) is 4.79 Å². The van der Waals surface area contributed by atoms with Crippen LogP contribution in [0.25, 0.3) is 0 Å². The summed E-state index contributed by atoms with van der Waals surface area (Å²) in [7, 11) is 0. The van der Waals surface area contributed by atoms with E-state index in [9.17, 15) is 4.79 Å². The SMILES string of the molecule is Cc1cc(O[C@H](C)C(=O)N2CCN(c3ccccn3)CC2)cc(C)c1Cl. The fraction of sp³-hybridized carbons (Fsp3) is 0.400. The zero-order chi connectivity index (χ0) is 18.7. The number of benzene rings is 1. The number of pyridine rings is 1. The molecule has 3 rings (SSSR count). The number of hydrogen-bond donors (Lipinski definition) is 0. The van der Waals surface area contributed by atoms with Gasteiger partial charge >= 0.3 is 0 Å². The van der Waals surface area contributed by atoms with Gasteiger partial charge in [0.25, 0.3) is 5.91 Å². The lowest BCUT2D eigenvalue weighted by atomic mass is 10.1. The number of carbonyl (C=O) groups excluding carboxylic acids is 1. The summed E-state index contributed by atoms with van der Waals surface area (Å²) in [6, 6.07) is 9.62. The minimum Gasteiger partial charge on any atom is -0.481 e. The van der Waals surface area contributed by atoms with Crippen LogP contribution in [0.1, 0.15) is 18.1 Å². The number of anilines is 1. The fourth-order valence-corrected chi connectivity index (χ4v) is 3.29. The summed E-state index contributed by atoms with van der Waals surface area (Å²) in [6.07, 6.45) is 1.26. The molecule has 1 aliphatic rings. The monoisotopic (exact) mass is 373 g/mol. The van der Waals surface area contributed by atoms with Gasteiger partial charge in [0.1, 0.15) is 11.6 Å². The van der Waals surface area contributed by atoms with Crippen LogP contribution in [0, 0.1) is 13.8 Å². The normalized spacial score (nSPS) is 15.7. The number of aryl methyl sites for hydroxylation is 2. The molecule has 2 heterocycles. The van der Waals surface area contributed by atoms with Crippen LogP contribution in [-0.4, -0.2) is 48.1 Å². The molecule has 0 N–H and O–H groups in total. The van der Waals surface area contributed by atoms with Crippen molar-refractivity contribution in [1.82, 2.24) is 9.88 Å². The number of amides is 1. The highest BCUT2D eigenvalue weighted by atomic mass is 35.5. The number of rotatable bonds is 4. The summed E-state index contributed by atoms with van der Waals surface area (Å²) in [4.78, 5) is 21.2. The molecular formula is C20H24ClN3O2. The number of halogens is 1. The largest absolute Gasteiger partial charge is 0.481 e. The minimum absolute atomic E-state index is 0.0101. The van der Waals surface area contributed by atoms with Gasteiger partial charge in [-0.15, -0.1) is 0 Å². The highest BCUT2D eigenvalue weighted by Crippen LogP contribution is 2.26. The highest BCUT2D eigenvalue weighted by molar-refractivity contribution is 6.32.